The Balaban J connectivity index is 1.42. The number of methoxy groups -OCH3 is 1. The number of likely N-dealkylation sites (N-methyl/N-ethyl adjacent to an activating group) is 1. The first kappa shape index (κ1) is 27.1. The topological polar surface area (TPSA) is 88.2 Å². The fraction of sp³-hybridized carbons (Fsp3) is 0.500. The Labute approximate surface area is 209 Å². The molecule has 1 aliphatic rings. The summed E-state index contributed by atoms with van der Waals surface area (Å²) in [7, 11) is -0.630. The zero-order valence-electron chi connectivity index (χ0n) is 21.2. The molecule has 0 atom stereocenters. The lowest BCUT2D eigenvalue weighted by atomic mass is 10.1. The molecule has 1 aliphatic heterocycles. The summed E-state index contributed by atoms with van der Waals surface area (Å²) in [6, 6.07) is 11.7. The van der Waals surface area contributed by atoms with E-state index in [1.807, 2.05) is 12.1 Å². The van der Waals surface area contributed by atoms with Crippen LogP contribution in [0.2, 0.25) is 0 Å². The minimum atomic E-state index is -3.69. The van der Waals surface area contributed by atoms with Gasteiger partial charge in [-0.3, -0.25) is 9.69 Å². The Morgan fingerprint density at radius 2 is 1.74 bits per heavy atom. The van der Waals surface area contributed by atoms with Crippen LogP contribution in [0.3, 0.4) is 0 Å². The number of ether oxygens (including phenoxy) is 2. The molecule has 2 aromatic rings. The summed E-state index contributed by atoms with van der Waals surface area (Å²) in [4.78, 5) is 14.9. The second-order valence-corrected chi connectivity index (χ2v) is 11.0. The number of nitrogens with one attached hydrogen (secondary N) is 1. The highest BCUT2D eigenvalue weighted by Crippen LogP contribution is 2.27. The number of rotatable bonds is 12. The van der Waals surface area contributed by atoms with E-state index in [1.54, 1.807) is 33.1 Å². The van der Waals surface area contributed by atoms with Gasteiger partial charge in [0.1, 0.15) is 12.4 Å². The standard InChI is InChI=1S/C26H37N3O5S/c1-20-14-24(33-4)15-21(2)26(20)35(31,32)28(3)12-13-34-19-25(30)27-17-22-8-7-9-23(16-22)18-29-10-5-6-11-29/h7-9,14-16H,5-6,10-13,17-19H2,1-4H3,(H,27,30). The average Bonchev–Trinajstić information content (AvgIpc) is 3.33. The number of aryl methyl sites for hydroxylation is 2. The largest absolute Gasteiger partial charge is 0.497 e. The lowest BCUT2D eigenvalue weighted by Gasteiger charge is -2.20. The van der Waals surface area contributed by atoms with Crippen LogP contribution in [0.25, 0.3) is 0 Å². The van der Waals surface area contributed by atoms with Gasteiger partial charge in [-0.2, -0.15) is 4.31 Å². The minimum Gasteiger partial charge on any atom is -0.497 e. The van der Waals surface area contributed by atoms with Gasteiger partial charge in [-0.05, 0) is 74.2 Å². The molecule has 0 spiro atoms. The molecule has 1 N–H and O–H groups in total. The second kappa shape index (κ2) is 12.5. The first-order valence-electron chi connectivity index (χ1n) is 12.0. The summed E-state index contributed by atoms with van der Waals surface area (Å²) in [5.74, 6) is 0.386. The maximum atomic E-state index is 13.0. The molecule has 192 valence electrons. The lowest BCUT2D eigenvalue weighted by molar-refractivity contribution is -0.125. The third-order valence-electron chi connectivity index (χ3n) is 6.21. The van der Waals surface area contributed by atoms with Gasteiger partial charge < -0.3 is 14.8 Å². The number of amides is 1. The highest BCUT2D eigenvalue weighted by Gasteiger charge is 2.25. The van der Waals surface area contributed by atoms with E-state index < -0.39 is 10.0 Å². The summed E-state index contributed by atoms with van der Waals surface area (Å²) in [6.07, 6.45) is 2.52. The quantitative estimate of drug-likeness (QED) is 0.448. The van der Waals surface area contributed by atoms with Gasteiger partial charge in [0.15, 0.2) is 0 Å². The molecular weight excluding hydrogens is 466 g/mol. The van der Waals surface area contributed by atoms with Crippen molar-refractivity contribution in [3.05, 3.63) is 58.7 Å². The molecule has 0 radical (unpaired) electrons. The lowest BCUT2D eigenvalue weighted by Crippen LogP contribution is -2.33. The Hall–Kier alpha value is -2.46. The molecule has 3 rings (SSSR count). The van der Waals surface area contributed by atoms with E-state index in [1.165, 1.54) is 29.8 Å². The van der Waals surface area contributed by atoms with Crippen LogP contribution >= 0.6 is 0 Å². The Morgan fingerprint density at radius 3 is 2.40 bits per heavy atom. The van der Waals surface area contributed by atoms with Crippen LogP contribution in [-0.4, -0.2) is 70.5 Å². The number of hydrogen-bond acceptors (Lipinski definition) is 6. The fourth-order valence-electron chi connectivity index (χ4n) is 4.36. The molecule has 0 unspecified atom stereocenters. The number of benzene rings is 2. The van der Waals surface area contributed by atoms with E-state index in [-0.39, 0.29) is 30.6 Å². The molecule has 9 heteroatoms. The highest BCUT2D eigenvalue weighted by atomic mass is 32.2. The molecule has 1 saturated heterocycles. The van der Waals surface area contributed by atoms with Crippen molar-refractivity contribution >= 4 is 15.9 Å². The van der Waals surface area contributed by atoms with Crippen LogP contribution in [-0.2, 0) is 32.6 Å². The smallest absolute Gasteiger partial charge is 0.246 e. The Kier molecular flexibility index (Phi) is 9.68. The fourth-order valence-corrected chi connectivity index (χ4v) is 5.92. The van der Waals surface area contributed by atoms with Crippen LogP contribution in [0.5, 0.6) is 5.75 Å². The van der Waals surface area contributed by atoms with E-state index in [0.29, 0.717) is 23.4 Å². The number of likely N-dealkylation sites (tertiary alicyclic amines) is 1. The van der Waals surface area contributed by atoms with E-state index in [4.69, 9.17) is 9.47 Å². The van der Waals surface area contributed by atoms with Crippen LogP contribution in [0.4, 0.5) is 0 Å². The number of sulfonamides is 1. The van der Waals surface area contributed by atoms with Gasteiger partial charge >= 0.3 is 0 Å². The van der Waals surface area contributed by atoms with Crippen molar-refractivity contribution < 1.29 is 22.7 Å². The van der Waals surface area contributed by atoms with Gasteiger partial charge in [-0.1, -0.05) is 24.3 Å². The van der Waals surface area contributed by atoms with Crippen LogP contribution in [0.1, 0.15) is 35.1 Å². The maximum Gasteiger partial charge on any atom is 0.246 e. The maximum absolute atomic E-state index is 13.0. The van der Waals surface area contributed by atoms with Gasteiger partial charge in [0.25, 0.3) is 0 Å². The number of hydrogen-bond donors (Lipinski definition) is 1. The van der Waals surface area contributed by atoms with Crippen molar-refractivity contribution in [2.24, 2.45) is 0 Å². The third-order valence-corrected chi connectivity index (χ3v) is 8.37. The van der Waals surface area contributed by atoms with E-state index >= 15 is 0 Å². The normalized spacial score (nSPS) is 14.4. The summed E-state index contributed by atoms with van der Waals surface area (Å²) < 4.78 is 38.0. The summed E-state index contributed by atoms with van der Waals surface area (Å²) in [6.45, 7) is 7.29. The number of nitrogens with zero attached hydrogens (tertiary/aromatic N) is 2. The Bertz CT molecular complexity index is 1090. The predicted molar refractivity (Wildman–Crippen MR) is 136 cm³/mol. The zero-order valence-corrected chi connectivity index (χ0v) is 22.0. The molecule has 35 heavy (non-hydrogen) atoms. The molecule has 1 amide bonds. The molecule has 0 bridgehead atoms. The van der Waals surface area contributed by atoms with Gasteiger partial charge in [-0.25, -0.2) is 8.42 Å². The SMILES string of the molecule is COc1cc(C)c(S(=O)(=O)N(C)CCOCC(=O)NCc2cccc(CN3CCCC3)c2)c(C)c1. The number of carbonyl (C=O) groups excluding carboxylic acids is 1. The van der Waals surface area contributed by atoms with E-state index in [2.05, 4.69) is 22.3 Å². The monoisotopic (exact) mass is 503 g/mol. The molecule has 1 fully saturated rings. The average molecular weight is 504 g/mol. The molecule has 8 nitrogen and oxygen atoms in total. The molecule has 0 aliphatic carbocycles. The molecule has 0 aromatic heterocycles. The number of carbonyl (C=O) groups is 1. The van der Waals surface area contributed by atoms with Crippen LogP contribution in [0.15, 0.2) is 41.3 Å². The summed E-state index contributed by atoms with van der Waals surface area (Å²) >= 11 is 0. The second-order valence-electron chi connectivity index (χ2n) is 9.05. The van der Waals surface area contributed by atoms with Gasteiger partial charge in [0, 0.05) is 26.7 Å². The van der Waals surface area contributed by atoms with Crippen molar-refractivity contribution in [1.29, 1.82) is 0 Å². The van der Waals surface area contributed by atoms with Crippen molar-refractivity contribution in [2.75, 3.05) is 47.0 Å². The third kappa shape index (κ3) is 7.51. The van der Waals surface area contributed by atoms with Crippen LogP contribution < -0.4 is 10.1 Å². The van der Waals surface area contributed by atoms with Crippen molar-refractivity contribution in [1.82, 2.24) is 14.5 Å². The molecule has 2 aromatic carbocycles. The van der Waals surface area contributed by atoms with E-state index in [0.717, 1.165) is 25.2 Å². The Morgan fingerprint density at radius 1 is 1.09 bits per heavy atom. The molecular formula is C26H37N3O5S. The van der Waals surface area contributed by atoms with Gasteiger partial charge in [-0.15, -0.1) is 0 Å². The van der Waals surface area contributed by atoms with Gasteiger partial charge in [0.05, 0.1) is 18.6 Å². The summed E-state index contributed by atoms with van der Waals surface area (Å²) in [5, 5.41) is 2.87. The molecule has 1 heterocycles. The highest BCUT2D eigenvalue weighted by molar-refractivity contribution is 7.89. The first-order valence-corrected chi connectivity index (χ1v) is 13.4. The van der Waals surface area contributed by atoms with Crippen molar-refractivity contribution in [3.63, 3.8) is 0 Å². The summed E-state index contributed by atoms with van der Waals surface area (Å²) in [5.41, 5.74) is 3.55. The van der Waals surface area contributed by atoms with Crippen LogP contribution in [0, 0.1) is 13.8 Å². The zero-order chi connectivity index (χ0) is 25.4. The predicted octanol–water partition coefficient (Wildman–Crippen LogP) is 2.86. The van der Waals surface area contributed by atoms with E-state index in [9.17, 15) is 13.2 Å². The van der Waals surface area contributed by atoms with Crippen molar-refractivity contribution in [2.45, 2.75) is 44.7 Å². The first-order chi connectivity index (χ1) is 16.7. The minimum absolute atomic E-state index is 0.114. The van der Waals surface area contributed by atoms with Crippen molar-refractivity contribution in [3.8, 4) is 5.75 Å². The van der Waals surface area contributed by atoms with Gasteiger partial charge in [0.2, 0.25) is 15.9 Å². The molecule has 0 saturated carbocycles.